The highest BCUT2D eigenvalue weighted by atomic mass is 35.5. The molecule has 1 aliphatic heterocycles. The molecule has 0 aliphatic carbocycles. The van der Waals surface area contributed by atoms with Crippen molar-refractivity contribution < 1.29 is 9.59 Å². The van der Waals surface area contributed by atoms with Gasteiger partial charge in [0, 0.05) is 25.0 Å². The Morgan fingerprint density at radius 1 is 1.39 bits per heavy atom. The molecular weight excluding hydrogens is 314 g/mol. The van der Waals surface area contributed by atoms with E-state index in [0.29, 0.717) is 23.8 Å². The molecule has 1 unspecified atom stereocenters. The van der Waals surface area contributed by atoms with Gasteiger partial charge in [0.2, 0.25) is 11.8 Å². The minimum atomic E-state index is -0.388. The Morgan fingerprint density at radius 2 is 2.04 bits per heavy atom. The van der Waals surface area contributed by atoms with E-state index in [1.54, 1.807) is 17.0 Å². The lowest BCUT2D eigenvalue weighted by Gasteiger charge is -2.27. The van der Waals surface area contributed by atoms with E-state index >= 15 is 0 Å². The maximum absolute atomic E-state index is 12.4. The van der Waals surface area contributed by atoms with Gasteiger partial charge in [0.15, 0.2) is 0 Å². The Morgan fingerprint density at radius 3 is 2.65 bits per heavy atom. The fourth-order valence-corrected chi connectivity index (χ4v) is 2.93. The summed E-state index contributed by atoms with van der Waals surface area (Å²) in [4.78, 5) is 26.2. The second kappa shape index (κ2) is 7.32. The van der Waals surface area contributed by atoms with E-state index in [1.165, 1.54) is 0 Å². The second-order valence-corrected chi connectivity index (χ2v) is 6.55. The Bertz CT molecular complexity index is 587. The number of nitrogens with zero attached hydrogens (tertiary/aromatic N) is 1. The van der Waals surface area contributed by atoms with Crippen molar-refractivity contribution >= 4 is 29.1 Å². The quantitative estimate of drug-likeness (QED) is 0.836. The molecule has 1 saturated heterocycles. The van der Waals surface area contributed by atoms with Crippen molar-refractivity contribution in [2.75, 3.05) is 18.0 Å². The Balaban J connectivity index is 2.00. The summed E-state index contributed by atoms with van der Waals surface area (Å²) in [6.45, 7) is 4.79. The van der Waals surface area contributed by atoms with E-state index in [9.17, 15) is 9.59 Å². The highest BCUT2D eigenvalue weighted by Gasteiger charge is 2.36. The van der Waals surface area contributed by atoms with Crippen molar-refractivity contribution in [3.63, 3.8) is 0 Å². The standard InChI is InChI=1S/C17H24ClN3O2/c1-3-17(19,4-2)11-20-16(23)12-9-15(22)21(10-12)14-8-6-5-7-13(14)18/h5-8,12H,3-4,9-11,19H2,1-2H3,(H,20,23). The van der Waals surface area contributed by atoms with Crippen LogP contribution in [0.15, 0.2) is 24.3 Å². The zero-order valence-electron chi connectivity index (χ0n) is 13.6. The van der Waals surface area contributed by atoms with Crippen LogP contribution in [-0.4, -0.2) is 30.4 Å². The fourth-order valence-electron chi connectivity index (χ4n) is 2.69. The SMILES string of the molecule is CCC(N)(CC)CNC(=O)C1CC(=O)N(c2ccccc2Cl)C1. The summed E-state index contributed by atoms with van der Waals surface area (Å²) in [5.41, 5.74) is 6.47. The van der Waals surface area contributed by atoms with Crippen molar-refractivity contribution in [2.24, 2.45) is 11.7 Å². The summed E-state index contributed by atoms with van der Waals surface area (Å²) in [7, 11) is 0. The molecule has 6 heteroatoms. The predicted octanol–water partition coefficient (Wildman–Crippen LogP) is 2.33. The molecule has 2 amide bonds. The number of carbonyl (C=O) groups is 2. The molecule has 0 spiro atoms. The molecule has 126 valence electrons. The van der Waals surface area contributed by atoms with Crippen LogP contribution in [0.5, 0.6) is 0 Å². The lowest BCUT2D eigenvalue weighted by molar-refractivity contribution is -0.126. The normalized spacial score (nSPS) is 18.3. The van der Waals surface area contributed by atoms with E-state index in [4.69, 9.17) is 17.3 Å². The highest BCUT2D eigenvalue weighted by Crippen LogP contribution is 2.31. The average molecular weight is 338 g/mol. The fraction of sp³-hybridized carbons (Fsp3) is 0.529. The van der Waals surface area contributed by atoms with Crippen molar-refractivity contribution in [1.29, 1.82) is 0 Å². The number of nitrogens with one attached hydrogen (secondary N) is 1. The molecule has 2 rings (SSSR count). The van der Waals surface area contributed by atoms with E-state index in [0.717, 1.165) is 12.8 Å². The first-order chi connectivity index (χ1) is 10.9. The van der Waals surface area contributed by atoms with Gasteiger partial charge in [0.1, 0.15) is 0 Å². The molecule has 23 heavy (non-hydrogen) atoms. The first-order valence-electron chi connectivity index (χ1n) is 8.01. The van der Waals surface area contributed by atoms with Crippen LogP contribution in [0.4, 0.5) is 5.69 Å². The third-order valence-corrected chi connectivity index (χ3v) is 4.98. The van der Waals surface area contributed by atoms with Crippen LogP contribution in [0.3, 0.4) is 0 Å². The number of para-hydroxylation sites is 1. The molecule has 1 aliphatic rings. The van der Waals surface area contributed by atoms with Crippen LogP contribution in [0, 0.1) is 5.92 Å². The first-order valence-corrected chi connectivity index (χ1v) is 8.39. The number of carbonyl (C=O) groups excluding carboxylic acids is 2. The lowest BCUT2D eigenvalue weighted by Crippen LogP contribution is -2.50. The summed E-state index contributed by atoms with van der Waals surface area (Å²) >= 11 is 6.14. The number of anilines is 1. The van der Waals surface area contributed by atoms with Crippen LogP contribution < -0.4 is 16.0 Å². The summed E-state index contributed by atoms with van der Waals surface area (Å²) in [5, 5.41) is 3.41. The third kappa shape index (κ3) is 4.03. The molecule has 0 bridgehead atoms. The molecule has 0 aromatic heterocycles. The number of hydrogen-bond acceptors (Lipinski definition) is 3. The first kappa shape index (κ1) is 17.8. The number of amides is 2. The second-order valence-electron chi connectivity index (χ2n) is 6.14. The van der Waals surface area contributed by atoms with Gasteiger partial charge in [-0.1, -0.05) is 37.6 Å². The zero-order valence-corrected chi connectivity index (χ0v) is 14.4. The summed E-state index contributed by atoms with van der Waals surface area (Å²) in [6, 6.07) is 7.17. The Kier molecular flexibility index (Phi) is 5.65. The van der Waals surface area contributed by atoms with Gasteiger partial charge in [-0.25, -0.2) is 0 Å². The van der Waals surface area contributed by atoms with E-state index in [2.05, 4.69) is 5.32 Å². The van der Waals surface area contributed by atoms with Gasteiger partial charge in [-0.15, -0.1) is 0 Å². The van der Waals surface area contributed by atoms with Gasteiger partial charge in [-0.05, 0) is 25.0 Å². The monoisotopic (exact) mass is 337 g/mol. The highest BCUT2D eigenvalue weighted by molar-refractivity contribution is 6.33. The van der Waals surface area contributed by atoms with Crippen LogP contribution in [0.2, 0.25) is 5.02 Å². The van der Waals surface area contributed by atoms with Crippen LogP contribution in [0.25, 0.3) is 0 Å². The van der Waals surface area contributed by atoms with E-state index in [1.807, 2.05) is 26.0 Å². The molecule has 1 aromatic carbocycles. The molecule has 3 N–H and O–H groups in total. The Hall–Kier alpha value is -1.59. The average Bonchev–Trinajstić information content (AvgIpc) is 2.94. The summed E-state index contributed by atoms with van der Waals surface area (Å²) < 4.78 is 0. The van der Waals surface area contributed by atoms with Gasteiger partial charge in [0.25, 0.3) is 0 Å². The minimum absolute atomic E-state index is 0.0803. The predicted molar refractivity (Wildman–Crippen MR) is 92.4 cm³/mol. The minimum Gasteiger partial charge on any atom is -0.354 e. The molecule has 1 aromatic rings. The van der Waals surface area contributed by atoms with Crippen LogP contribution >= 0.6 is 11.6 Å². The van der Waals surface area contributed by atoms with E-state index in [-0.39, 0.29) is 29.7 Å². The number of nitrogens with two attached hydrogens (primary N) is 1. The van der Waals surface area contributed by atoms with Gasteiger partial charge >= 0.3 is 0 Å². The van der Waals surface area contributed by atoms with Crippen LogP contribution in [-0.2, 0) is 9.59 Å². The molecule has 0 saturated carbocycles. The maximum atomic E-state index is 12.4. The molecule has 1 fully saturated rings. The van der Waals surface area contributed by atoms with Crippen molar-refractivity contribution in [3.8, 4) is 0 Å². The van der Waals surface area contributed by atoms with Gasteiger partial charge in [-0.3, -0.25) is 9.59 Å². The number of hydrogen-bond donors (Lipinski definition) is 2. The topological polar surface area (TPSA) is 75.4 Å². The summed E-state index contributed by atoms with van der Waals surface area (Å²) in [6.07, 6.45) is 1.78. The van der Waals surface area contributed by atoms with E-state index < -0.39 is 0 Å². The molecular formula is C17H24ClN3O2. The Labute approximate surface area is 142 Å². The maximum Gasteiger partial charge on any atom is 0.227 e. The third-order valence-electron chi connectivity index (χ3n) is 4.66. The van der Waals surface area contributed by atoms with Crippen molar-refractivity contribution in [3.05, 3.63) is 29.3 Å². The van der Waals surface area contributed by atoms with Crippen molar-refractivity contribution in [2.45, 2.75) is 38.6 Å². The largest absolute Gasteiger partial charge is 0.354 e. The number of halogens is 1. The van der Waals surface area contributed by atoms with Crippen molar-refractivity contribution in [1.82, 2.24) is 5.32 Å². The zero-order chi connectivity index (χ0) is 17.0. The molecule has 1 heterocycles. The molecule has 0 radical (unpaired) electrons. The van der Waals surface area contributed by atoms with Gasteiger partial charge < -0.3 is 16.0 Å². The van der Waals surface area contributed by atoms with Crippen LogP contribution in [0.1, 0.15) is 33.1 Å². The van der Waals surface area contributed by atoms with Gasteiger partial charge in [-0.2, -0.15) is 0 Å². The number of benzene rings is 1. The molecule has 5 nitrogen and oxygen atoms in total. The smallest absolute Gasteiger partial charge is 0.227 e. The summed E-state index contributed by atoms with van der Waals surface area (Å²) in [5.74, 6) is -0.565. The van der Waals surface area contributed by atoms with Gasteiger partial charge in [0.05, 0.1) is 16.6 Å². The number of rotatable bonds is 6. The molecule has 1 atom stereocenters. The lowest BCUT2D eigenvalue weighted by atomic mass is 9.94.